The minimum absolute atomic E-state index is 0.0196. The minimum Gasteiger partial charge on any atom is -0.328 e. The van der Waals surface area contributed by atoms with Crippen molar-refractivity contribution in [3.63, 3.8) is 0 Å². The zero-order valence-corrected chi connectivity index (χ0v) is 16.3. The number of nitrogens with one attached hydrogen (secondary N) is 1. The maximum Gasteiger partial charge on any atom is 0.280 e. The smallest absolute Gasteiger partial charge is 0.280 e. The first-order valence-electron chi connectivity index (χ1n) is 8.58. The molecule has 0 saturated heterocycles. The number of hydrogen-bond acceptors (Lipinski definition) is 2. The quantitative estimate of drug-likeness (QED) is 0.656. The number of benzene rings is 2. The Hall–Kier alpha value is -2.40. The van der Waals surface area contributed by atoms with E-state index in [0.29, 0.717) is 15.9 Å². The van der Waals surface area contributed by atoms with Crippen molar-refractivity contribution in [2.24, 2.45) is 0 Å². The average molecular weight is 401 g/mol. The van der Waals surface area contributed by atoms with Gasteiger partial charge in [-0.15, -0.1) is 0 Å². The van der Waals surface area contributed by atoms with Crippen LogP contribution >= 0.6 is 23.2 Å². The summed E-state index contributed by atoms with van der Waals surface area (Å²) < 4.78 is 0. The molecule has 0 aliphatic heterocycles. The van der Waals surface area contributed by atoms with Gasteiger partial charge in [0, 0.05) is 17.3 Å². The number of nitrogens with zero attached hydrogens (tertiary/aromatic N) is 1. The lowest BCUT2D eigenvalue weighted by atomic mass is 9.98. The van der Waals surface area contributed by atoms with Gasteiger partial charge in [-0.25, -0.2) is 4.98 Å². The summed E-state index contributed by atoms with van der Waals surface area (Å²) in [4.78, 5) is 16.5. The molecular formula is C21H20Cl2N3O+. The number of pyridine rings is 1. The van der Waals surface area contributed by atoms with Crippen molar-refractivity contribution in [2.45, 2.75) is 13.0 Å². The molecule has 1 atom stereocenters. The van der Waals surface area contributed by atoms with Crippen molar-refractivity contribution < 1.29 is 10.1 Å². The number of amides is 1. The number of hydrogen-bond donors (Lipinski definition) is 2. The highest BCUT2D eigenvalue weighted by molar-refractivity contribution is 6.36. The summed E-state index contributed by atoms with van der Waals surface area (Å²) in [6, 6.07) is 20.0. The van der Waals surface area contributed by atoms with Crippen LogP contribution in [-0.2, 0) is 4.79 Å². The van der Waals surface area contributed by atoms with Gasteiger partial charge in [0.25, 0.3) is 5.91 Å². The normalized spacial score (nSPS) is 11.8. The number of aromatic nitrogens is 1. The number of halogens is 2. The number of anilines is 1. The summed E-state index contributed by atoms with van der Waals surface area (Å²) in [5.74, 6) is 0.130. The number of nitrogens with two attached hydrogens (primary N) is 1. The van der Waals surface area contributed by atoms with Gasteiger partial charge in [0.05, 0.1) is 10.0 Å². The van der Waals surface area contributed by atoms with Crippen LogP contribution < -0.4 is 10.6 Å². The van der Waals surface area contributed by atoms with Gasteiger partial charge >= 0.3 is 0 Å². The fourth-order valence-corrected chi connectivity index (χ4v) is 3.24. The van der Waals surface area contributed by atoms with Gasteiger partial charge in [-0.05, 0) is 13.0 Å². The van der Waals surface area contributed by atoms with Crippen LogP contribution in [0.2, 0.25) is 10.0 Å². The summed E-state index contributed by atoms with van der Waals surface area (Å²) in [5, 5.41) is 5.47. The maximum absolute atomic E-state index is 12.4. The second-order valence-electron chi connectivity index (χ2n) is 6.27. The first-order valence-corrected chi connectivity index (χ1v) is 9.34. The number of carbonyl (C=O) groups is 1. The molecule has 138 valence electrons. The van der Waals surface area contributed by atoms with Gasteiger partial charge in [-0.1, -0.05) is 83.4 Å². The monoisotopic (exact) mass is 400 g/mol. The topological polar surface area (TPSA) is 58.6 Å². The predicted octanol–water partition coefficient (Wildman–Crippen LogP) is 3.99. The van der Waals surface area contributed by atoms with Gasteiger partial charge in [0.2, 0.25) is 0 Å². The third-order valence-electron chi connectivity index (χ3n) is 4.20. The Morgan fingerprint density at radius 1 is 1.07 bits per heavy atom. The third-order valence-corrected chi connectivity index (χ3v) is 4.69. The van der Waals surface area contributed by atoms with Crippen molar-refractivity contribution >= 4 is 34.9 Å². The zero-order valence-electron chi connectivity index (χ0n) is 14.8. The summed E-state index contributed by atoms with van der Waals surface area (Å²) in [6.45, 7) is 2.29. The van der Waals surface area contributed by atoms with E-state index in [1.165, 1.54) is 11.8 Å². The van der Waals surface area contributed by atoms with E-state index in [4.69, 9.17) is 23.2 Å². The molecular weight excluding hydrogens is 381 g/mol. The highest BCUT2D eigenvalue weighted by Gasteiger charge is 2.19. The van der Waals surface area contributed by atoms with Crippen LogP contribution in [0.25, 0.3) is 0 Å². The van der Waals surface area contributed by atoms with Crippen LogP contribution in [0.5, 0.6) is 0 Å². The van der Waals surface area contributed by atoms with Crippen LogP contribution in [0.15, 0.2) is 66.9 Å². The minimum atomic E-state index is -0.181. The summed E-state index contributed by atoms with van der Waals surface area (Å²) in [7, 11) is 0. The van der Waals surface area contributed by atoms with Crippen LogP contribution in [0.4, 0.5) is 5.82 Å². The molecule has 0 fully saturated rings. The first kappa shape index (κ1) is 19.4. The molecule has 2 aromatic carbocycles. The van der Waals surface area contributed by atoms with E-state index in [-0.39, 0.29) is 18.5 Å². The molecule has 3 aromatic rings. The van der Waals surface area contributed by atoms with E-state index < -0.39 is 0 Å². The van der Waals surface area contributed by atoms with E-state index in [0.717, 1.165) is 11.1 Å². The second kappa shape index (κ2) is 9.00. The number of rotatable bonds is 6. The van der Waals surface area contributed by atoms with E-state index in [1.807, 2.05) is 23.5 Å². The first-order chi connectivity index (χ1) is 13.0. The van der Waals surface area contributed by atoms with E-state index >= 15 is 0 Å². The number of carbonyl (C=O) groups excluding carboxylic acids is 1. The van der Waals surface area contributed by atoms with Gasteiger partial charge in [0.1, 0.15) is 6.04 Å². The molecule has 0 aliphatic carbocycles. The van der Waals surface area contributed by atoms with Crippen molar-refractivity contribution in [3.05, 3.63) is 93.6 Å². The Morgan fingerprint density at radius 3 is 2.41 bits per heavy atom. The van der Waals surface area contributed by atoms with E-state index in [9.17, 15) is 4.79 Å². The van der Waals surface area contributed by atoms with E-state index in [2.05, 4.69) is 53.6 Å². The Bertz CT molecular complexity index is 914. The zero-order chi connectivity index (χ0) is 19.2. The highest BCUT2D eigenvalue weighted by Crippen LogP contribution is 2.22. The molecule has 27 heavy (non-hydrogen) atoms. The lowest BCUT2D eigenvalue weighted by molar-refractivity contribution is -0.676. The summed E-state index contributed by atoms with van der Waals surface area (Å²) >= 11 is 11.9. The molecule has 0 saturated carbocycles. The average Bonchev–Trinajstić information content (AvgIpc) is 2.66. The standard InChI is InChI=1S/C21H19Cl2N3O/c1-14-7-9-16(10-8-14)20(15-5-3-2-4-6-15)24-13-19(27)26-21-18(23)11-17(22)12-25-21/h2-12,20,24H,13H2,1H3,(H,25,26,27)/p+1/t20-/m1/s1. The molecule has 0 bridgehead atoms. The van der Waals surface area contributed by atoms with Crippen molar-refractivity contribution in [3.8, 4) is 0 Å². The second-order valence-corrected chi connectivity index (χ2v) is 7.11. The molecule has 6 heteroatoms. The molecule has 0 unspecified atom stereocenters. The van der Waals surface area contributed by atoms with Gasteiger partial charge in [0.15, 0.2) is 12.4 Å². The molecule has 3 rings (SSSR count). The third kappa shape index (κ3) is 5.30. The Kier molecular flexibility index (Phi) is 6.45. The Labute approximate surface area is 168 Å². The van der Waals surface area contributed by atoms with Crippen LogP contribution in [0, 0.1) is 6.92 Å². The van der Waals surface area contributed by atoms with Crippen LogP contribution in [0.1, 0.15) is 22.7 Å². The molecule has 1 heterocycles. The van der Waals surface area contributed by atoms with Crippen molar-refractivity contribution in [1.29, 1.82) is 0 Å². The van der Waals surface area contributed by atoms with Crippen LogP contribution in [0.3, 0.4) is 0 Å². The fourth-order valence-electron chi connectivity index (χ4n) is 2.81. The van der Waals surface area contributed by atoms with Gasteiger partial charge in [-0.3, -0.25) is 4.79 Å². The molecule has 3 N–H and O–H groups in total. The molecule has 1 aromatic heterocycles. The Balaban J connectivity index is 1.72. The maximum atomic E-state index is 12.4. The largest absolute Gasteiger partial charge is 0.328 e. The highest BCUT2D eigenvalue weighted by atomic mass is 35.5. The van der Waals surface area contributed by atoms with Crippen molar-refractivity contribution in [1.82, 2.24) is 4.98 Å². The summed E-state index contributed by atoms with van der Waals surface area (Å²) in [5.41, 5.74) is 3.48. The lowest BCUT2D eigenvalue weighted by Gasteiger charge is -2.17. The van der Waals surface area contributed by atoms with Gasteiger partial charge in [-0.2, -0.15) is 0 Å². The molecule has 1 amide bonds. The number of aryl methyl sites for hydroxylation is 1. The molecule has 0 radical (unpaired) electrons. The number of quaternary nitrogens is 1. The molecule has 4 nitrogen and oxygen atoms in total. The van der Waals surface area contributed by atoms with Crippen molar-refractivity contribution in [2.75, 3.05) is 11.9 Å². The SMILES string of the molecule is Cc1ccc([C@H]([NH2+]CC(=O)Nc2ncc(Cl)cc2Cl)c2ccccc2)cc1. The van der Waals surface area contributed by atoms with Gasteiger partial charge < -0.3 is 10.6 Å². The molecule has 0 spiro atoms. The fraction of sp³-hybridized carbons (Fsp3) is 0.143. The summed E-state index contributed by atoms with van der Waals surface area (Å²) in [6.07, 6.45) is 1.45. The van der Waals surface area contributed by atoms with E-state index in [1.54, 1.807) is 6.07 Å². The lowest BCUT2D eigenvalue weighted by Crippen LogP contribution is -2.87. The predicted molar refractivity (Wildman–Crippen MR) is 109 cm³/mol. The molecule has 0 aliphatic rings. The van der Waals surface area contributed by atoms with Crippen LogP contribution in [-0.4, -0.2) is 17.4 Å². The Morgan fingerprint density at radius 2 is 1.74 bits per heavy atom.